The topological polar surface area (TPSA) is 83.8 Å². The van der Waals surface area contributed by atoms with Crippen LogP contribution in [0.15, 0.2) is 53.5 Å². The first-order chi connectivity index (χ1) is 17.2. The van der Waals surface area contributed by atoms with Crippen LogP contribution in [0.1, 0.15) is 25.3 Å². The molecule has 36 heavy (non-hydrogen) atoms. The third kappa shape index (κ3) is 6.37. The smallest absolute Gasteiger partial charge is 0.254 e. The Bertz CT molecular complexity index is 1330. The van der Waals surface area contributed by atoms with Crippen molar-refractivity contribution in [1.29, 1.82) is 0 Å². The number of aryl methyl sites for hydroxylation is 1. The number of rotatable bonds is 11. The predicted octanol–water partition coefficient (Wildman–Crippen LogP) is 4.57. The number of hydrogen-bond donors (Lipinski definition) is 0. The number of aromatic nitrogens is 1. The van der Waals surface area contributed by atoms with Crippen LogP contribution in [-0.4, -0.2) is 37.3 Å². The minimum absolute atomic E-state index is 0.162. The van der Waals surface area contributed by atoms with Gasteiger partial charge in [0.1, 0.15) is 17.3 Å². The van der Waals surface area contributed by atoms with Crippen molar-refractivity contribution in [1.82, 2.24) is 8.87 Å². The highest BCUT2D eigenvalue weighted by atomic mass is 32.2. The zero-order chi connectivity index (χ0) is 25.8. The molecule has 1 saturated carbocycles. The second-order valence-corrected chi connectivity index (χ2v) is 9.69. The van der Waals surface area contributed by atoms with E-state index in [1.165, 1.54) is 21.0 Å². The van der Waals surface area contributed by atoms with Crippen LogP contribution in [0.5, 0.6) is 17.2 Å². The van der Waals surface area contributed by atoms with Crippen LogP contribution in [0.25, 0.3) is 11.1 Å². The fraction of sp³-hybridized carbons (Fsp3) is 0.346. The van der Waals surface area contributed by atoms with E-state index in [9.17, 15) is 22.3 Å². The molecule has 2 aromatic carbocycles. The fourth-order valence-electron chi connectivity index (χ4n) is 3.87. The van der Waals surface area contributed by atoms with Gasteiger partial charge < -0.3 is 18.6 Å². The molecule has 7 nitrogen and oxygen atoms in total. The summed E-state index contributed by atoms with van der Waals surface area (Å²) in [5, 5.41) is 0. The summed E-state index contributed by atoms with van der Waals surface area (Å²) in [7, 11) is 1.60. The Morgan fingerprint density at radius 3 is 2.50 bits per heavy atom. The molecule has 3 aromatic rings. The molecular weight excluding hydrogens is 490 g/mol. The van der Waals surface area contributed by atoms with Gasteiger partial charge in [-0.2, -0.15) is 0 Å². The van der Waals surface area contributed by atoms with Crippen molar-refractivity contribution in [3.05, 3.63) is 76.2 Å². The molecule has 1 heterocycles. The van der Waals surface area contributed by atoms with Crippen LogP contribution in [0.3, 0.4) is 0 Å². The van der Waals surface area contributed by atoms with Gasteiger partial charge in [0.2, 0.25) is 0 Å². The van der Waals surface area contributed by atoms with Crippen LogP contribution < -0.4 is 15.0 Å². The Balaban J connectivity index is 1.73. The highest BCUT2D eigenvalue weighted by Crippen LogP contribution is 2.39. The summed E-state index contributed by atoms with van der Waals surface area (Å²) >= 11 is -2.32. The molecule has 0 spiro atoms. The van der Waals surface area contributed by atoms with Crippen LogP contribution in [0, 0.1) is 17.6 Å². The van der Waals surface area contributed by atoms with Gasteiger partial charge in [0.25, 0.3) is 5.56 Å². The average molecular weight is 518 g/mol. The van der Waals surface area contributed by atoms with E-state index in [0.29, 0.717) is 48.9 Å². The molecule has 10 heteroatoms. The SMILES string of the molecule is CCOc1cc(=O)n(C)cc1-c1cc(CCN(CC2CC2)S(=O)[O-])ccc1Oc1ccc(F)cc1F. The molecule has 1 fully saturated rings. The Morgan fingerprint density at radius 2 is 1.83 bits per heavy atom. The Labute approximate surface area is 210 Å². The average Bonchev–Trinajstić information content (AvgIpc) is 3.65. The summed E-state index contributed by atoms with van der Waals surface area (Å²) < 4.78 is 65.5. The van der Waals surface area contributed by atoms with Gasteiger partial charge in [-0.25, -0.2) is 13.1 Å². The van der Waals surface area contributed by atoms with E-state index in [1.54, 1.807) is 32.3 Å². The number of pyridine rings is 1. The maximum atomic E-state index is 14.4. The molecule has 1 aliphatic carbocycles. The first kappa shape index (κ1) is 26.0. The van der Waals surface area contributed by atoms with Crippen LogP contribution in [-0.2, 0) is 24.7 Å². The summed E-state index contributed by atoms with van der Waals surface area (Å²) in [5.74, 6) is -0.725. The van der Waals surface area contributed by atoms with E-state index >= 15 is 0 Å². The molecular formula is C26H27F2N2O5S-. The summed E-state index contributed by atoms with van der Waals surface area (Å²) in [6.45, 7) is 2.92. The third-order valence-corrected chi connectivity index (χ3v) is 6.71. The molecule has 0 bridgehead atoms. The molecule has 0 N–H and O–H groups in total. The Morgan fingerprint density at radius 1 is 1.08 bits per heavy atom. The normalized spacial score (nSPS) is 14.2. The van der Waals surface area contributed by atoms with Crippen LogP contribution >= 0.6 is 0 Å². The summed E-state index contributed by atoms with van der Waals surface area (Å²) in [6.07, 6.45) is 4.12. The number of benzene rings is 2. The van der Waals surface area contributed by atoms with Crippen LogP contribution in [0.4, 0.5) is 8.78 Å². The van der Waals surface area contributed by atoms with Crippen molar-refractivity contribution in [2.24, 2.45) is 13.0 Å². The number of hydrogen-bond acceptors (Lipinski definition) is 5. The van der Waals surface area contributed by atoms with Crippen molar-refractivity contribution in [3.63, 3.8) is 0 Å². The van der Waals surface area contributed by atoms with E-state index in [2.05, 4.69) is 0 Å². The lowest BCUT2D eigenvalue weighted by molar-refractivity contribution is 0.340. The van der Waals surface area contributed by atoms with Crippen molar-refractivity contribution < 1.29 is 27.0 Å². The molecule has 0 amide bonds. The second kappa shape index (κ2) is 11.3. The largest absolute Gasteiger partial charge is 0.760 e. The first-order valence-electron chi connectivity index (χ1n) is 11.7. The first-order valence-corrected chi connectivity index (χ1v) is 12.7. The lowest BCUT2D eigenvalue weighted by Gasteiger charge is -2.24. The summed E-state index contributed by atoms with van der Waals surface area (Å²) in [5.41, 5.74) is 1.62. The molecule has 4 rings (SSSR count). The van der Waals surface area contributed by atoms with Gasteiger partial charge >= 0.3 is 0 Å². The van der Waals surface area contributed by atoms with E-state index in [-0.39, 0.29) is 17.1 Å². The van der Waals surface area contributed by atoms with Crippen molar-refractivity contribution in [2.75, 3.05) is 19.7 Å². The highest BCUT2D eigenvalue weighted by molar-refractivity contribution is 7.76. The second-order valence-electron chi connectivity index (χ2n) is 8.74. The molecule has 1 aliphatic rings. The van der Waals surface area contributed by atoms with Crippen molar-refractivity contribution in [2.45, 2.75) is 26.2 Å². The number of nitrogens with zero attached hydrogens (tertiary/aromatic N) is 2. The molecule has 0 saturated heterocycles. The zero-order valence-corrected chi connectivity index (χ0v) is 20.9. The van der Waals surface area contributed by atoms with Gasteiger partial charge in [-0.1, -0.05) is 6.07 Å². The van der Waals surface area contributed by atoms with Gasteiger partial charge in [-0.3, -0.25) is 9.00 Å². The Hall–Kier alpha value is -3.08. The molecule has 0 aliphatic heterocycles. The predicted molar refractivity (Wildman–Crippen MR) is 132 cm³/mol. The van der Waals surface area contributed by atoms with Gasteiger partial charge in [-0.15, -0.1) is 0 Å². The maximum absolute atomic E-state index is 14.4. The van der Waals surface area contributed by atoms with Gasteiger partial charge in [0, 0.05) is 60.9 Å². The van der Waals surface area contributed by atoms with E-state index < -0.39 is 22.9 Å². The molecule has 1 unspecified atom stereocenters. The van der Waals surface area contributed by atoms with Crippen molar-refractivity contribution >= 4 is 11.3 Å². The van der Waals surface area contributed by atoms with Gasteiger partial charge in [-0.05, 0) is 61.9 Å². The third-order valence-electron chi connectivity index (χ3n) is 5.96. The fourth-order valence-corrected chi connectivity index (χ4v) is 4.44. The minimum Gasteiger partial charge on any atom is -0.760 e. The molecule has 1 aromatic heterocycles. The highest BCUT2D eigenvalue weighted by Gasteiger charge is 2.25. The lowest BCUT2D eigenvalue weighted by Crippen LogP contribution is -2.30. The molecule has 1 atom stereocenters. The van der Waals surface area contributed by atoms with Gasteiger partial charge in [0.15, 0.2) is 11.6 Å². The van der Waals surface area contributed by atoms with E-state index in [1.807, 2.05) is 6.07 Å². The minimum atomic E-state index is -2.32. The lowest BCUT2D eigenvalue weighted by atomic mass is 10.0. The standard InChI is InChI=1S/C26H28F2N2O5S/c1-3-34-25-14-26(31)29(2)16-21(25)20-12-17(10-11-30(36(32)33)15-18-4-5-18)6-8-23(20)35-24-9-7-19(27)13-22(24)28/h6-9,12-14,16,18H,3-5,10-11,15H2,1-2H3,(H,32,33)/p-1. The maximum Gasteiger partial charge on any atom is 0.254 e. The monoisotopic (exact) mass is 517 g/mol. The summed E-state index contributed by atoms with van der Waals surface area (Å²) in [4.78, 5) is 12.3. The van der Waals surface area contributed by atoms with E-state index in [4.69, 9.17) is 9.47 Å². The zero-order valence-electron chi connectivity index (χ0n) is 20.0. The Kier molecular flexibility index (Phi) is 8.17. The van der Waals surface area contributed by atoms with Crippen molar-refractivity contribution in [3.8, 4) is 28.4 Å². The van der Waals surface area contributed by atoms with Gasteiger partial charge in [0.05, 0.1) is 6.61 Å². The number of ether oxygens (including phenoxy) is 2. The molecule has 192 valence electrons. The number of halogens is 2. The summed E-state index contributed by atoms with van der Waals surface area (Å²) in [6, 6.07) is 9.62. The van der Waals surface area contributed by atoms with Crippen LogP contribution in [0.2, 0.25) is 0 Å². The van der Waals surface area contributed by atoms with E-state index in [0.717, 1.165) is 30.5 Å². The quantitative estimate of drug-likeness (QED) is 0.348. The molecule has 0 radical (unpaired) electrons.